The van der Waals surface area contributed by atoms with Crippen molar-refractivity contribution in [2.24, 2.45) is 0 Å². The Morgan fingerprint density at radius 2 is 2.16 bits per heavy atom. The van der Waals surface area contributed by atoms with Gasteiger partial charge in [0, 0.05) is 0 Å². The van der Waals surface area contributed by atoms with Gasteiger partial charge in [0.15, 0.2) is 0 Å². The molecule has 2 aromatic rings. The van der Waals surface area contributed by atoms with Gasteiger partial charge in [-0.1, -0.05) is 0 Å². The van der Waals surface area contributed by atoms with Gasteiger partial charge in [-0.25, -0.2) is 13.2 Å². The van der Waals surface area contributed by atoms with Crippen LogP contribution < -0.4 is 4.72 Å². The molecule has 0 radical (unpaired) electrons. The number of rotatable bonds is 4. The van der Waals surface area contributed by atoms with Crippen LogP contribution >= 0.6 is 11.3 Å². The van der Waals surface area contributed by atoms with Gasteiger partial charge in [-0.15, -0.1) is 11.3 Å². The molecule has 0 saturated heterocycles. The number of sulfonamides is 1. The topological polar surface area (TPSA) is 112 Å². The summed E-state index contributed by atoms with van der Waals surface area (Å²) < 4.78 is 26.7. The highest BCUT2D eigenvalue weighted by molar-refractivity contribution is 7.92. The Balaban J connectivity index is 2.43. The third-order valence-corrected chi connectivity index (χ3v) is 4.96. The summed E-state index contributed by atoms with van der Waals surface area (Å²) in [4.78, 5) is 10.9. The van der Waals surface area contributed by atoms with Crippen LogP contribution in [0.25, 0.3) is 0 Å². The van der Waals surface area contributed by atoms with Gasteiger partial charge in [0.25, 0.3) is 10.0 Å². The van der Waals surface area contributed by atoms with E-state index >= 15 is 0 Å². The van der Waals surface area contributed by atoms with Crippen LogP contribution in [0, 0.1) is 13.8 Å². The number of aryl methyl sites for hydroxylation is 2. The predicted octanol–water partition coefficient (Wildman–Crippen LogP) is 1.59. The quantitative estimate of drug-likeness (QED) is 0.793. The van der Waals surface area contributed by atoms with Gasteiger partial charge < -0.3 is 5.11 Å². The van der Waals surface area contributed by atoms with Crippen molar-refractivity contribution >= 4 is 33.0 Å². The minimum absolute atomic E-state index is 0.0371. The fourth-order valence-electron chi connectivity index (χ4n) is 1.69. The average Bonchev–Trinajstić information content (AvgIpc) is 2.85. The van der Waals surface area contributed by atoms with Crippen LogP contribution in [-0.2, 0) is 10.0 Å². The van der Waals surface area contributed by atoms with Crippen molar-refractivity contribution in [1.82, 2.24) is 10.2 Å². The number of thiophene rings is 1. The molecule has 9 heteroatoms. The van der Waals surface area contributed by atoms with Crippen molar-refractivity contribution in [3.05, 3.63) is 27.7 Å². The van der Waals surface area contributed by atoms with Gasteiger partial charge in [0.1, 0.15) is 9.77 Å². The minimum Gasteiger partial charge on any atom is -0.477 e. The zero-order valence-electron chi connectivity index (χ0n) is 10.1. The Hall–Kier alpha value is -1.87. The monoisotopic (exact) mass is 301 g/mol. The molecule has 0 aromatic carbocycles. The summed E-state index contributed by atoms with van der Waals surface area (Å²) in [6, 6.07) is 1.41. The summed E-state index contributed by atoms with van der Waals surface area (Å²) in [5, 5.41) is 16.8. The first-order valence-corrected chi connectivity index (χ1v) is 7.54. The third-order valence-electron chi connectivity index (χ3n) is 2.43. The van der Waals surface area contributed by atoms with E-state index in [0.29, 0.717) is 11.4 Å². The van der Waals surface area contributed by atoms with Gasteiger partial charge in [-0.05, 0) is 25.3 Å². The summed E-state index contributed by atoms with van der Waals surface area (Å²) in [7, 11) is -3.86. The normalized spacial score (nSPS) is 11.5. The fraction of sp³-hybridized carbons (Fsp3) is 0.200. The lowest BCUT2D eigenvalue weighted by Gasteiger charge is -2.07. The lowest BCUT2D eigenvalue weighted by molar-refractivity contribution is 0.0703. The smallest absolute Gasteiger partial charge is 0.348 e. The highest BCUT2D eigenvalue weighted by atomic mass is 32.2. The second-order valence-electron chi connectivity index (χ2n) is 3.84. The number of carboxylic acid groups (broad SMARTS) is 1. The zero-order chi connectivity index (χ0) is 14.2. The molecule has 0 aliphatic rings. The molecule has 0 bridgehead atoms. The maximum atomic E-state index is 12.2. The van der Waals surface area contributed by atoms with E-state index in [1.54, 1.807) is 13.8 Å². The van der Waals surface area contributed by atoms with Crippen LogP contribution in [0.4, 0.5) is 5.69 Å². The lowest BCUT2D eigenvalue weighted by atomic mass is 10.4. The number of aromatic carboxylic acids is 1. The molecule has 0 atom stereocenters. The average molecular weight is 301 g/mol. The zero-order valence-corrected chi connectivity index (χ0v) is 11.7. The number of hydrogen-bond acceptors (Lipinski definition) is 5. The molecule has 0 fully saturated rings. The number of hydrogen-bond donors (Lipinski definition) is 3. The molecule has 2 rings (SSSR count). The van der Waals surface area contributed by atoms with E-state index in [1.807, 2.05) is 0 Å². The van der Waals surface area contributed by atoms with Gasteiger partial charge in [-0.3, -0.25) is 9.82 Å². The molecule has 19 heavy (non-hydrogen) atoms. The first-order valence-electron chi connectivity index (χ1n) is 5.18. The summed E-state index contributed by atoms with van der Waals surface area (Å²) in [6.45, 7) is 3.14. The second kappa shape index (κ2) is 4.67. The van der Waals surface area contributed by atoms with Gasteiger partial charge >= 0.3 is 5.97 Å². The minimum atomic E-state index is -3.86. The molecular weight excluding hydrogens is 290 g/mol. The molecule has 0 amide bonds. The van der Waals surface area contributed by atoms with Crippen LogP contribution in [0.5, 0.6) is 0 Å². The molecule has 7 nitrogen and oxygen atoms in total. The van der Waals surface area contributed by atoms with Crippen molar-refractivity contribution in [1.29, 1.82) is 0 Å². The standard InChI is InChI=1S/C10H11N3O4S2/c1-5-9(6(2)12-11-5)19(16,17)13-7-3-4-18-8(7)10(14)15/h3-4,13H,1-2H3,(H,11,12)(H,14,15). The second-order valence-corrected chi connectivity index (χ2v) is 6.37. The Morgan fingerprint density at radius 1 is 1.47 bits per heavy atom. The number of carboxylic acids is 1. The number of H-pyrrole nitrogens is 1. The molecule has 0 unspecified atom stereocenters. The molecular formula is C10H11N3O4S2. The summed E-state index contributed by atoms with van der Waals surface area (Å²) >= 11 is 0.954. The number of nitrogens with one attached hydrogen (secondary N) is 2. The fourth-order valence-corrected chi connectivity index (χ4v) is 3.88. The number of aromatic nitrogens is 2. The van der Waals surface area contributed by atoms with E-state index in [1.165, 1.54) is 11.4 Å². The molecule has 0 saturated carbocycles. The van der Waals surface area contributed by atoms with Crippen LogP contribution in [0.3, 0.4) is 0 Å². The van der Waals surface area contributed by atoms with Crippen LogP contribution in [0.1, 0.15) is 21.1 Å². The number of aromatic amines is 1. The Morgan fingerprint density at radius 3 is 2.68 bits per heavy atom. The highest BCUT2D eigenvalue weighted by Crippen LogP contribution is 2.26. The number of nitrogens with zero attached hydrogens (tertiary/aromatic N) is 1. The van der Waals surface area contributed by atoms with Crippen LogP contribution in [0.15, 0.2) is 16.3 Å². The van der Waals surface area contributed by atoms with Gasteiger partial charge in [-0.2, -0.15) is 5.10 Å². The van der Waals surface area contributed by atoms with E-state index in [-0.39, 0.29) is 15.5 Å². The predicted molar refractivity (Wildman–Crippen MR) is 70.1 cm³/mol. The molecule has 2 aromatic heterocycles. The Bertz CT molecular complexity index is 710. The third kappa shape index (κ3) is 2.47. The van der Waals surface area contributed by atoms with Crippen LogP contribution in [-0.4, -0.2) is 29.7 Å². The van der Waals surface area contributed by atoms with E-state index in [0.717, 1.165) is 11.3 Å². The summed E-state index contributed by atoms with van der Waals surface area (Å²) in [6.07, 6.45) is 0. The van der Waals surface area contributed by atoms with E-state index in [4.69, 9.17) is 5.11 Å². The largest absolute Gasteiger partial charge is 0.477 e. The molecule has 2 heterocycles. The SMILES string of the molecule is Cc1n[nH]c(C)c1S(=O)(=O)Nc1ccsc1C(=O)O. The van der Waals surface area contributed by atoms with Crippen LogP contribution in [0.2, 0.25) is 0 Å². The van der Waals surface area contributed by atoms with Gasteiger partial charge in [0.05, 0.1) is 17.1 Å². The molecule has 102 valence electrons. The summed E-state index contributed by atoms with van der Waals surface area (Å²) in [5.41, 5.74) is 0.784. The molecule has 0 aliphatic carbocycles. The van der Waals surface area contributed by atoms with Crippen molar-refractivity contribution in [2.75, 3.05) is 4.72 Å². The number of anilines is 1. The van der Waals surface area contributed by atoms with Crippen molar-refractivity contribution in [3.8, 4) is 0 Å². The first kappa shape index (κ1) is 13.6. The number of carbonyl (C=O) groups is 1. The molecule has 0 spiro atoms. The van der Waals surface area contributed by atoms with Gasteiger partial charge in [0.2, 0.25) is 0 Å². The lowest BCUT2D eigenvalue weighted by Crippen LogP contribution is -2.15. The first-order chi connectivity index (χ1) is 8.83. The van der Waals surface area contributed by atoms with Crippen molar-refractivity contribution in [3.63, 3.8) is 0 Å². The Kier molecular flexibility index (Phi) is 3.33. The van der Waals surface area contributed by atoms with E-state index < -0.39 is 16.0 Å². The summed E-state index contributed by atoms with van der Waals surface area (Å²) in [5.74, 6) is -1.17. The van der Waals surface area contributed by atoms with E-state index in [2.05, 4.69) is 14.9 Å². The van der Waals surface area contributed by atoms with Crippen molar-refractivity contribution < 1.29 is 18.3 Å². The maximum absolute atomic E-state index is 12.2. The molecule has 0 aliphatic heterocycles. The Labute approximate surface area is 113 Å². The van der Waals surface area contributed by atoms with E-state index in [9.17, 15) is 13.2 Å². The maximum Gasteiger partial charge on any atom is 0.348 e. The highest BCUT2D eigenvalue weighted by Gasteiger charge is 2.24. The molecule has 3 N–H and O–H groups in total. The van der Waals surface area contributed by atoms with Crippen molar-refractivity contribution in [2.45, 2.75) is 18.7 Å².